The molecule has 4 nitrogen and oxygen atoms in total. The van der Waals surface area contributed by atoms with Gasteiger partial charge in [0, 0.05) is 12.6 Å². The van der Waals surface area contributed by atoms with Gasteiger partial charge in [0.15, 0.2) is 0 Å². The summed E-state index contributed by atoms with van der Waals surface area (Å²) < 4.78 is 0. The fraction of sp³-hybridized carbons (Fsp3) is 0.889. The molecule has 3 atom stereocenters. The van der Waals surface area contributed by atoms with Crippen molar-refractivity contribution in [3.63, 3.8) is 0 Å². The standard InChI is InChI=1S/C18H29NO3/c20-17(15-10-11-16(15)18(21)22)19-12-4-7-14(19)9-8-13-5-2-1-3-6-13/h13-16H,1-12H2,(H,21,22). The predicted octanol–water partition coefficient (Wildman–Crippen LogP) is 3.45. The van der Waals surface area contributed by atoms with E-state index >= 15 is 0 Å². The topological polar surface area (TPSA) is 57.6 Å². The van der Waals surface area contributed by atoms with Crippen LogP contribution in [0.3, 0.4) is 0 Å². The average molecular weight is 307 g/mol. The molecule has 3 rings (SSSR count). The predicted molar refractivity (Wildman–Crippen MR) is 84.4 cm³/mol. The van der Waals surface area contributed by atoms with E-state index in [0.717, 1.165) is 38.1 Å². The maximum atomic E-state index is 12.7. The molecular weight excluding hydrogens is 278 g/mol. The Hall–Kier alpha value is -1.06. The van der Waals surface area contributed by atoms with Gasteiger partial charge < -0.3 is 10.0 Å². The van der Waals surface area contributed by atoms with Crippen molar-refractivity contribution in [2.75, 3.05) is 6.54 Å². The summed E-state index contributed by atoms with van der Waals surface area (Å²) in [7, 11) is 0. The van der Waals surface area contributed by atoms with Crippen molar-refractivity contribution in [3.8, 4) is 0 Å². The van der Waals surface area contributed by atoms with Crippen LogP contribution in [0, 0.1) is 17.8 Å². The van der Waals surface area contributed by atoms with Gasteiger partial charge in [0.25, 0.3) is 0 Å². The zero-order valence-electron chi connectivity index (χ0n) is 13.5. The fourth-order valence-electron chi connectivity index (χ4n) is 4.63. The van der Waals surface area contributed by atoms with E-state index in [-0.39, 0.29) is 11.8 Å². The Labute approximate surface area is 133 Å². The molecule has 0 bridgehead atoms. The number of nitrogens with zero attached hydrogens (tertiary/aromatic N) is 1. The van der Waals surface area contributed by atoms with E-state index in [1.54, 1.807) is 0 Å². The summed E-state index contributed by atoms with van der Waals surface area (Å²) in [6.07, 6.45) is 12.9. The second-order valence-electron chi connectivity index (χ2n) is 7.54. The Morgan fingerprint density at radius 2 is 1.59 bits per heavy atom. The Kier molecular flexibility index (Phi) is 5.04. The third-order valence-corrected chi connectivity index (χ3v) is 6.20. The number of hydrogen-bond donors (Lipinski definition) is 1. The molecule has 2 aliphatic carbocycles. The minimum Gasteiger partial charge on any atom is -0.481 e. The normalized spacial score (nSPS) is 32.7. The molecule has 22 heavy (non-hydrogen) atoms. The molecule has 0 aromatic carbocycles. The number of aliphatic carboxylic acids is 1. The van der Waals surface area contributed by atoms with Gasteiger partial charge in [-0.3, -0.25) is 9.59 Å². The van der Waals surface area contributed by atoms with Crippen LogP contribution in [0.1, 0.15) is 70.6 Å². The Bertz CT molecular complexity index is 417. The molecular formula is C18H29NO3. The van der Waals surface area contributed by atoms with E-state index in [9.17, 15) is 9.59 Å². The first kappa shape index (κ1) is 15.8. The van der Waals surface area contributed by atoms with E-state index in [2.05, 4.69) is 0 Å². The molecule has 0 aromatic heterocycles. The van der Waals surface area contributed by atoms with Crippen LogP contribution in [0.2, 0.25) is 0 Å². The van der Waals surface area contributed by atoms with Crippen molar-refractivity contribution in [2.24, 2.45) is 17.8 Å². The second-order valence-corrected chi connectivity index (χ2v) is 7.54. The monoisotopic (exact) mass is 307 g/mol. The highest BCUT2D eigenvalue weighted by molar-refractivity contribution is 5.86. The van der Waals surface area contributed by atoms with Crippen molar-refractivity contribution in [2.45, 2.75) is 76.7 Å². The number of carbonyl (C=O) groups is 2. The van der Waals surface area contributed by atoms with E-state index in [0.29, 0.717) is 12.5 Å². The molecule has 4 heteroatoms. The number of carboxylic acid groups (broad SMARTS) is 1. The fourth-order valence-corrected chi connectivity index (χ4v) is 4.63. The molecule has 3 unspecified atom stereocenters. The first-order valence-corrected chi connectivity index (χ1v) is 9.20. The molecule has 124 valence electrons. The minimum absolute atomic E-state index is 0.129. The van der Waals surface area contributed by atoms with Crippen molar-refractivity contribution < 1.29 is 14.7 Å². The van der Waals surface area contributed by atoms with E-state index < -0.39 is 11.9 Å². The zero-order valence-corrected chi connectivity index (χ0v) is 13.5. The van der Waals surface area contributed by atoms with Crippen molar-refractivity contribution in [3.05, 3.63) is 0 Å². The third-order valence-electron chi connectivity index (χ3n) is 6.20. The summed E-state index contributed by atoms with van der Waals surface area (Å²) in [5, 5.41) is 9.16. The molecule has 2 saturated carbocycles. The van der Waals surface area contributed by atoms with Crippen molar-refractivity contribution in [1.29, 1.82) is 0 Å². The summed E-state index contributed by atoms with van der Waals surface area (Å²) in [6.45, 7) is 0.844. The van der Waals surface area contributed by atoms with E-state index in [1.165, 1.54) is 38.5 Å². The summed E-state index contributed by atoms with van der Waals surface area (Å²) in [5.41, 5.74) is 0. The zero-order chi connectivity index (χ0) is 15.5. The van der Waals surface area contributed by atoms with E-state index in [4.69, 9.17) is 5.11 Å². The van der Waals surface area contributed by atoms with Gasteiger partial charge in [-0.05, 0) is 44.4 Å². The number of amides is 1. The first-order chi connectivity index (χ1) is 10.7. The van der Waals surface area contributed by atoms with Gasteiger partial charge in [-0.25, -0.2) is 0 Å². The molecule has 1 N–H and O–H groups in total. The number of carbonyl (C=O) groups excluding carboxylic acids is 1. The lowest BCUT2D eigenvalue weighted by Gasteiger charge is -2.37. The average Bonchev–Trinajstić information content (AvgIpc) is 2.93. The molecule has 3 fully saturated rings. The summed E-state index contributed by atoms with van der Waals surface area (Å²) in [6, 6.07) is 0.379. The summed E-state index contributed by atoms with van der Waals surface area (Å²) in [4.78, 5) is 25.9. The SMILES string of the molecule is O=C(O)C1CCC1C(=O)N1CCCC1CCC1CCCCC1. The van der Waals surface area contributed by atoms with Gasteiger partial charge in [0.2, 0.25) is 5.91 Å². The molecule has 1 amide bonds. The molecule has 1 heterocycles. The minimum atomic E-state index is -0.789. The summed E-state index contributed by atoms with van der Waals surface area (Å²) >= 11 is 0. The molecule has 1 saturated heterocycles. The molecule has 1 aliphatic heterocycles. The highest BCUT2D eigenvalue weighted by atomic mass is 16.4. The third kappa shape index (κ3) is 3.31. The Balaban J connectivity index is 1.51. The van der Waals surface area contributed by atoms with Crippen LogP contribution in [-0.4, -0.2) is 34.5 Å². The van der Waals surface area contributed by atoms with Crippen molar-refractivity contribution in [1.82, 2.24) is 4.90 Å². The van der Waals surface area contributed by atoms with Gasteiger partial charge in [-0.15, -0.1) is 0 Å². The number of carboxylic acids is 1. The highest BCUT2D eigenvalue weighted by Crippen LogP contribution is 2.38. The van der Waals surface area contributed by atoms with Gasteiger partial charge in [0.05, 0.1) is 11.8 Å². The van der Waals surface area contributed by atoms with Crippen LogP contribution >= 0.6 is 0 Å². The lowest BCUT2D eigenvalue weighted by molar-refractivity contribution is -0.157. The smallest absolute Gasteiger partial charge is 0.307 e. The summed E-state index contributed by atoms with van der Waals surface area (Å²) in [5.74, 6) is -0.464. The molecule has 0 radical (unpaired) electrons. The van der Waals surface area contributed by atoms with Gasteiger partial charge in [0.1, 0.15) is 0 Å². The van der Waals surface area contributed by atoms with Gasteiger partial charge in [-0.1, -0.05) is 32.1 Å². The lowest BCUT2D eigenvalue weighted by Crippen LogP contribution is -2.47. The molecule has 0 aromatic rings. The van der Waals surface area contributed by atoms with Crippen LogP contribution in [0.25, 0.3) is 0 Å². The van der Waals surface area contributed by atoms with Crippen LogP contribution < -0.4 is 0 Å². The Morgan fingerprint density at radius 1 is 0.864 bits per heavy atom. The quantitative estimate of drug-likeness (QED) is 0.846. The maximum Gasteiger partial charge on any atom is 0.307 e. The van der Waals surface area contributed by atoms with Crippen LogP contribution in [0.5, 0.6) is 0 Å². The van der Waals surface area contributed by atoms with Crippen LogP contribution in [0.15, 0.2) is 0 Å². The largest absolute Gasteiger partial charge is 0.481 e. The molecule has 0 spiro atoms. The van der Waals surface area contributed by atoms with Crippen LogP contribution in [-0.2, 0) is 9.59 Å². The second kappa shape index (κ2) is 7.01. The highest BCUT2D eigenvalue weighted by Gasteiger charge is 2.45. The Morgan fingerprint density at radius 3 is 2.23 bits per heavy atom. The van der Waals surface area contributed by atoms with Gasteiger partial charge in [-0.2, -0.15) is 0 Å². The van der Waals surface area contributed by atoms with Crippen molar-refractivity contribution >= 4 is 11.9 Å². The van der Waals surface area contributed by atoms with Crippen LogP contribution in [0.4, 0.5) is 0 Å². The number of likely N-dealkylation sites (tertiary alicyclic amines) is 1. The number of rotatable bonds is 5. The van der Waals surface area contributed by atoms with Gasteiger partial charge >= 0.3 is 5.97 Å². The first-order valence-electron chi connectivity index (χ1n) is 9.20. The lowest BCUT2D eigenvalue weighted by atomic mass is 9.72. The molecule has 3 aliphatic rings. The maximum absolute atomic E-state index is 12.7. The van der Waals surface area contributed by atoms with E-state index in [1.807, 2.05) is 4.90 Å². The number of hydrogen-bond acceptors (Lipinski definition) is 2.